The molecule has 0 aliphatic carbocycles. The van der Waals surface area contributed by atoms with Crippen LogP contribution in [0.5, 0.6) is 17.2 Å². The summed E-state index contributed by atoms with van der Waals surface area (Å²) in [5.74, 6) is 13.3. The topological polar surface area (TPSA) is 47.9 Å². The lowest BCUT2D eigenvalue weighted by atomic mass is 10.1. The monoisotopic (exact) mass is 322 g/mol. The first-order chi connectivity index (χ1) is 11.7. The molecule has 0 fully saturated rings. The summed E-state index contributed by atoms with van der Waals surface area (Å²) in [5.41, 5.74) is 2.45. The summed E-state index contributed by atoms with van der Waals surface area (Å²) in [6.07, 6.45) is 0. The van der Waals surface area contributed by atoms with E-state index in [1.54, 1.807) is 33.5 Å². The lowest BCUT2D eigenvalue weighted by molar-refractivity contribution is 0.324. The van der Waals surface area contributed by atoms with Crippen molar-refractivity contribution in [3.8, 4) is 40.9 Å². The highest BCUT2D eigenvalue weighted by atomic mass is 16.5. The predicted molar refractivity (Wildman–Crippen MR) is 92.5 cm³/mol. The van der Waals surface area contributed by atoms with Crippen LogP contribution in [0.4, 0.5) is 0 Å². The molecule has 0 heterocycles. The average Bonchev–Trinajstić information content (AvgIpc) is 2.64. The van der Waals surface area contributed by atoms with Gasteiger partial charge in [-0.05, 0) is 36.4 Å². The molecule has 0 aliphatic heterocycles. The molecule has 0 amide bonds. The maximum atomic E-state index is 8.69. The molecule has 2 aromatic rings. The Morgan fingerprint density at radius 1 is 0.750 bits per heavy atom. The second-order valence-corrected chi connectivity index (χ2v) is 4.70. The van der Waals surface area contributed by atoms with Gasteiger partial charge in [0.15, 0.2) is 11.5 Å². The normalized spacial score (nSPS) is 9.17. The summed E-state index contributed by atoms with van der Waals surface area (Å²) in [6.45, 7) is -0.150. The third-order valence-electron chi connectivity index (χ3n) is 3.21. The van der Waals surface area contributed by atoms with E-state index in [1.165, 1.54) is 0 Å². The van der Waals surface area contributed by atoms with Crippen LogP contribution in [-0.2, 0) is 0 Å². The largest absolute Gasteiger partial charge is 0.493 e. The van der Waals surface area contributed by atoms with Crippen molar-refractivity contribution >= 4 is 0 Å². The van der Waals surface area contributed by atoms with Gasteiger partial charge in [-0.3, -0.25) is 0 Å². The standard InChI is InChI=1S/C20H18O4/c1-22-18-13-17(14-19(23-2)20(18)24-3)11-10-16-8-6-15(7-9-16)5-4-12-21/h6-9,13-14,21H,12H2,1-3H3. The van der Waals surface area contributed by atoms with E-state index in [9.17, 15) is 0 Å². The van der Waals surface area contributed by atoms with E-state index in [2.05, 4.69) is 23.7 Å². The van der Waals surface area contributed by atoms with Crippen LogP contribution in [0.2, 0.25) is 0 Å². The molecule has 0 aromatic heterocycles. The molecule has 0 bridgehead atoms. The third-order valence-corrected chi connectivity index (χ3v) is 3.21. The highest BCUT2D eigenvalue weighted by Gasteiger charge is 2.12. The lowest BCUT2D eigenvalue weighted by Gasteiger charge is -2.12. The van der Waals surface area contributed by atoms with Crippen molar-refractivity contribution in [2.24, 2.45) is 0 Å². The maximum Gasteiger partial charge on any atom is 0.203 e. The van der Waals surface area contributed by atoms with E-state index < -0.39 is 0 Å². The van der Waals surface area contributed by atoms with Crippen molar-refractivity contribution < 1.29 is 19.3 Å². The second-order valence-electron chi connectivity index (χ2n) is 4.70. The maximum absolute atomic E-state index is 8.69. The number of ether oxygens (including phenoxy) is 3. The Balaban J connectivity index is 2.30. The van der Waals surface area contributed by atoms with Gasteiger partial charge in [0.05, 0.1) is 21.3 Å². The molecule has 4 nitrogen and oxygen atoms in total. The van der Waals surface area contributed by atoms with Crippen molar-refractivity contribution in [3.63, 3.8) is 0 Å². The van der Waals surface area contributed by atoms with Gasteiger partial charge in [-0.15, -0.1) is 0 Å². The van der Waals surface area contributed by atoms with E-state index in [4.69, 9.17) is 19.3 Å². The number of aliphatic hydroxyl groups excluding tert-OH is 1. The van der Waals surface area contributed by atoms with Crippen LogP contribution in [0.1, 0.15) is 16.7 Å². The molecule has 0 radical (unpaired) electrons. The van der Waals surface area contributed by atoms with Crippen LogP contribution in [0, 0.1) is 23.7 Å². The SMILES string of the molecule is COc1cc(C#Cc2ccc(C#CCO)cc2)cc(OC)c1OC. The molecule has 0 unspecified atom stereocenters. The van der Waals surface area contributed by atoms with Crippen LogP contribution in [-0.4, -0.2) is 33.0 Å². The molecule has 2 rings (SSSR count). The number of hydrogen-bond donors (Lipinski definition) is 1. The Bertz CT molecular complexity index is 790. The minimum atomic E-state index is -0.150. The van der Waals surface area contributed by atoms with Crippen LogP contribution in [0.3, 0.4) is 0 Å². The van der Waals surface area contributed by atoms with E-state index in [-0.39, 0.29) is 6.61 Å². The zero-order valence-electron chi connectivity index (χ0n) is 13.8. The fourth-order valence-corrected chi connectivity index (χ4v) is 2.08. The van der Waals surface area contributed by atoms with Crippen molar-refractivity contribution in [2.75, 3.05) is 27.9 Å². The van der Waals surface area contributed by atoms with Crippen LogP contribution >= 0.6 is 0 Å². The zero-order chi connectivity index (χ0) is 17.4. The van der Waals surface area contributed by atoms with Gasteiger partial charge in [0.2, 0.25) is 5.75 Å². The molecular formula is C20H18O4. The highest BCUT2D eigenvalue weighted by molar-refractivity contribution is 5.58. The van der Waals surface area contributed by atoms with Gasteiger partial charge >= 0.3 is 0 Å². The van der Waals surface area contributed by atoms with Crippen LogP contribution in [0.25, 0.3) is 0 Å². The van der Waals surface area contributed by atoms with Crippen molar-refractivity contribution in [2.45, 2.75) is 0 Å². The second kappa shape index (κ2) is 8.53. The third kappa shape index (κ3) is 4.23. The summed E-state index contributed by atoms with van der Waals surface area (Å²) >= 11 is 0. The molecule has 0 aliphatic rings. The molecule has 122 valence electrons. The molecular weight excluding hydrogens is 304 g/mol. The molecule has 4 heteroatoms. The fourth-order valence-electron chi connectivity index (χ4n) is 2.08. The van der Waals surface area contributed by atoms with Crippen LogP contribution < -0.4 is 14.2 Å². The summed E-state index contributed by atoms with van der Waals surface area (Å²) in [7, 11) is 4.70. The van der Waals surface area contributed by atoms with Gasteiger partial charge in [-0.2, -0.15) is 0 Å². The number of aliphatic hydroxyl groups is 1. The van der Waals surface area contributed by atoms with Crippen molar-refractivity contribution in [3.05, 3.63) is 53.1 Å². The molecule has 2 aromatic carbocycles. The van der Waals surface area contributed by atoms with Crippen molar-refractivity contribution in [1.29, 1.82) is 0 Å². The molecule has 0 spiro atoms. The van der Waals surface area contributed by atoms with Gasteiger partial charge in [0.25, 0.3) is 0 Å². The van der Waals surface area contributed by atoms with E-state index in [0.29, 0.717) is 17.2 Å². The van der Waals surface area contributed by atoms with Gasteiger partial charge in [0.1, 0.15) is 6.61 Å². The molecule has 0 atom stereocenters. The lowest BCUT2D eigenvalue weighted by Crippen LogP contribution is -1.95. The highest BCUT2D eigenvalue weighted by Crippen LogP contribution is 2.37. The van der Waals surface area contributed by atoms with Gasteiger partial charge < -0.3 is 19.3 Å². The Morgan fingerprint density at radius 3 is 1.71 bits per heavy atom. The zero-order valence-corrected chi connectivity index (χ0v) is 13.8. The first-order valence-electron chi connectivity index (χ1n) is 7.23. The predicted octanol–water partition coefficient (Wildman–Crippen LogP) is 2.46. The smallest absolute Gasteiger partial charge is 0.203 e. The molecule has 0 saturated heterocycles. The Hall–Kier alpha value is -3.08. The Kier molecular flexibility index (Phi) is 6.14. The summed E-state index contributed by atoms with van der Waals surface area (Å²) in [4.78, 5) is 0. The minimum Gasteiger partial charge on any atom is -0.493 e. The Morgan fingerprint density at radius 2 is 1.25 bits per heavy atom. The number of rotatable bonds is 3. The summed E-state index contributed by atoms with van der Waals surface area (Å²) in [5, 5.41) is 8.69. The number of benzene rings is 2. The fraction of sp³-hybridized carbons (Fsp3) is 0.200. The van der Waals surface area contributed by atoms with Crippen LogP contribution in [0.15, 0.2) is 36.4 Å². The van der Waals surface area contributed by atoms with E-state index in [1.807, 2.05) is 24.3 Å². The molecule has 1 N–H and O–H groups in total. The molecule has 24 heavy (non-hydrogen) atoms. The molecule has 0 saturated carbocycles. The Labute approximate surface area is 142 Å². The first kappa shape index (κ1) is 17.3. The summed E-state index contributed by atoms with van der Waals surface area (Å²) in [6, 6.07) is 11.1. The van der Waals surface area contributed by atoms with Gasteiger partial charge in [-0.25, -0.2) is 0 Å². The van der Waals surface area contributed by atoms with Gasteiger partial charge in [0, 0.05) is 16.7 Å². The van der Waals surface area contributed by atoms with E-state index in [0.717, 1.165) is 16.7 Å². The minimum absolute atomic E-state index is 0.150. The van der Waals surface area contributed by atoms with E-state index >= 15 is 0 Å². The van der Waals surface area contributed by atoms with Crippen molar-refractivity contribution in [1.82, 2.24) is 0 Å². The van der Waals surface area contributed by atoms with Gasteiger partial charge in [-0.1, -0.05) is 23.7 Å². The first-order valence-corrected chi connectivity index (χ1v) is 7.23. The number of methoxy groups -OCH3 is 3. The quantitative estimate of drug-likeness (QED) is 0.882. The average molecular weight is 322 g/mol. The summed E-state index contributed by atoms with van der Waals surface area (Å²) < 4.78 is 15.9. The number of hydrogen-bond acceptors (Lipinski definition) is 4.